The Morgan fingerprint density at radius 3 is 1.70 bits per heavy atom. The minimum absolute atomic E-state index is 0.870. The third kappa shape index (κ3) is 5.34. The first-order valence-corrected chi connectivity index (χ1v) is 19.2. The van der Waals surface area contributed by atoms with E-state index in [2.05, 4.69) is 205 Å². The number of anilines is 3. The maximum atomic E-state index is 6.39. The molecule has 2 heteroatoms. The molecule has 0 radical (unpaired) electrons. The van der Waals surface area contributed by atoms with Crippen molar-refractivity contribution in [3.8, 4) is 33.4 Å². The van der Waals surface area contributed by atoms with Crippen LogP contribution in [0.4, 0.5) is 17.1 Å². The minimum atomic E-state index is 0.870. The quantitative estimate of drug-likeness (QED) is 0.160. The first kappa shape index (κ1) is 32.0. The Hall–Kier alpha value is -7.42. The van der Waals surface area contributed by atoms with E-state index in [1.165, 1.54) is 65.7 Å². The van der Waals surface area contributed by atoms with E-state index in [1.807, 2.05) is 12.1 Å². The third-order valence-corrected chi connectivity index (χ3v) is 11.3. The van der Waals surface area contributed by atoms with Crippen LogP contribution in [0.25, 0.3) is 87.6 Å². The summed E-state index contributed by atoms with van der Waals surface area (Å²) < 4.78 is 6.39. The molecule has 56 heavy (non-hydrogen) atoms. The van der Waals surface area contributed by atoms with Crippen molar-refractivity contribution in [2.24, 2.45) is 0 Å². The van der Waals surface area contributed by atoms with E-state index in [9.17, 15) is 0 Å². The van der Waals surface area contributed by atoms with Crippen molar-refractivity contribution in [1.82, 2.24) is 0 Å². The lowest BCUT2D eigenvalue weighted by Gasteiger charge is -2.27. The van der Waals surface area contributed by atoms with Crippen LogP contribution in [0.5, 0.6) is 0 Å². The highest BCUT2D eigenvalue weighted by atomic mass is 16.3. The van der Waals surface area contributed by atoms with Crippen molar-refractivity contribution in [2.45, 2.75) is 0 Å². The zero-order chi connectivity index (χ0) is 37.0. The molecule has 10 aromatic carbocycles. The van der Waals surface area contributed by atoms with Gasteiger partial charge in [-0.1, -0.05) is 170 Å². The summed E-state index contributed by atoms with van der Waals surface area (Å²) in [5, 5.41) is 9.78. The maximum Gasteiger partial charge on any atom is 0.137 e. The Morgan fingerprint density at radius 2 is 0.875 bits per heavy atom. The zero-order valence-electron chi connectivity index (χ0n) is 30.6. The Bertz CT molecular complexity index is 3240. The minimum Gasteiger partial charge on any atom is -0.456 e. The van der Waals surface area contributed by atoms with Crippen molar-refractivity contribution >= 4 is 71.3 Å². The zero-order valence-corrected chi connectivity index (χ0v) is 30.6. The number of rotatable bonds is 6. The first-order valence-electron chi connectivity index (χ1n) is 19.2. The molecule has 0 saturated carbocycles. The molecule has 1 aromatic heterocycles. The molecule has 0 aliphatic heterocycles. The summed E-state index contributed by atoms with van der Waals surface area (Å²) >= 11 is 0. The van der Waals surface area contributed by atoms with E-state index < -0.39 is 0 Å². The monoisotopic (exact) mass is 713 g/mol. The lowest BCUT2D eigenvalue weighted by atomic mass is 9.93. The highest BCUT2D eigenvalue weighted by molar-refractivity contribution is 6.14. The van der Waals surface area contributed by atoms with Gasteiger partial charge < -0.3 is 9.32 Å². The molecule has 0 N–H and O–H groups in total. The summed E-state index contributed by atoms with van der Waals surface area (Å²) in [6, 6.07) is 76.5. The summed E-state index contributed by atoms with van der Waals surface area (Å²) in [6.07, 6.45) is 0. The molecule has 0 bridgehead atoms. The van der Waals surface area contributed by atoms with Gasteiger partial charge in [-0.3, -0.25) is 0 Å². The van der Waals surface area contributed by atoms with E-state index in [4.69, 9.17) is 4.42 Å². The van der Waals surface area contributed by atoms with Crippen LogP contribution in [0.2, 0.25) is 0 Å². The highest BCUT2D eigenvalue weighted by Crippen LogP contribution is 2.44. The average molecular weight is 714 g/mol. The Balaban J connectivity index is 1.01. The molecule has 2 nitrogen and oxygen atoms in total. The SMILES string of the molecule is c1cc(-c2cccc3ccccc23)cc(N(c2ccc(-c3ccc(-c4cccc5c4ccc4ccccc45)cc3)cc2)c2cccc3oc4ccccc4c23)c1. The second-order valence-corrected chi connectivity index (χ2v) is 14.5. The van der Waals surface area contributed by atoms with Crippen LogP contribution >= 0.6 is 0 Å². The van der Waals surface area contributed by atoms with Crippen molar-refractivity contribution in [2.75, 3.05) is 4.90 Å². The van der Waals surface area contributed by atoms with Gasteiger partial charge in [-0.15, -0.1) is 0 Å². The fourth-order valence-electron chi connectivity index (χ4n) is 8.60. The normalized spacial score (nSPS) is 11.6. The number of benzene rings is 10. The number of para-hydroxylation sites is 1. The lowest BCUT2D eigenvalue weighted by Crippen LogP contribution is -2.10. The molecule has 0 saturated heterocycles. The second kappa shape index (κ2) is 13.2. The molecule has 0 atom stereocenters. The molecule has 262 valence electrons. The molecule has 0 amide bonds. The Kier molecular flexibility index (Phi) is 7.53. The molecular weight excluding hydrogens is 679 g/mol. The van der Waals surface area contributed by atoms with Gasteiger partial charge in [0, 0.05) is 16.8 Å². The summed E-state index contributed by atoms with van der Waals surface area (Å²) in [4.78, 5) is 2.37. The third-order valence-electron chi connectivity index (χ3n) is 11.3. The number of hydrogen-bond acceptors (Lipinski definition) is 2. The summed E-state index contributed by atoms with van der Waals surface area (Å²) in [5.41, 5.74) is 12.2. The van der Waals surface area contributed by atoms with Gasteiger partial charge in [-0.05, 0) is 108 Å². The molecule has 1 heterocycles. The van der Waals surface area contributed by atoms with Crippen molar-refractivity contribution in [3.63, 3.8) is 0 Å². The van der Waals surface area contributed by atoms with Crippen LogP contribution in [0.15, 0.2) is 217 Å². The molecule has 0 fully saturated rings. The van der Waals surface area contributed by atoms with Gasteiger partial charge in [0.1, 0.15) is 11.2 Å². The van der Waals surface area contributed by atoms with E-state index in [-0.39, 0.29) is 0 Å². The summed E-state index contributed by atoms with van der Waals surface area (Å²) in [6.45, 7) is 0. The predicted octanol–water partition coefficient (Wildman–Crippen LogP) is 15.5. The molecule has 0 aliphatic carbocycles. The second-order valence-electron chi connectivity index (χ2n) is 14.5. The maximum absolute atomic E-state index is 6.39. The summed E-state index contributed by atoms with van der Waals surface area (Å²) in [5.74, 6) is 0. The van der Waals surface area contributed by atoms with E-state index in [1.54, 1.807) is 0 Å². The van der Waals surface area contributed by atoms with Gasteiger partial charge in [0.2, 0.25) is 0 Å². The van der Waals surface area contributed by atoms with Crippen LogP contribution in [-0.2, 0) is 0 Å². The van der Waals surface area contributed by atoms with Gasteiger partial charge in [-0.25, -0.2) is 0 Å². The lowest BCUT2D eigenvalue weighted by molar-refractivity contribution is 0.669. The van der Waals surface area contributed by atoms with Crippen LogP contribution < -0.4 is 4.90 Å². The molecule has 0 unspecified atom stereocenters. The number of nitrogens with zero attached hydrogens (tertiary/aromatic N) is 1. The Labute approximate surface area is 325 Å². The standard InChI is InChI=1S/C54H35NO/c1-3-16-44-38(11-1)13-8-19-47(44)41-14-7-15-43(35-41)55(51-22-10-24-53-54(51)50-18-5-6-23-52(50)56-53)42-32-29-37(30-33-42)36-25-27-40(28-26-36)46-20-9-21-48-45-17-4-2-12-39(45)31-34-49(46)48/h1-35H. The Morgan fingerprint density at radius 1 is 0.304 bits per heavy atom. The summed E-state index contributed by atoms with van der Waals surface area (Å²) in [7, 11) is 0. The fraction of sp³-hybridized carbons (Fsp3) is 0. The van der Waals surface area contributed by atoms with Gasteiger partial charge in [-0.2, -0.15) is 0 Å². The molecule has 0 spiro atoms. The number of hydrogen-bond donors (Lipinski definition) is 0. The largest absolute Gasteiger partial charge is 0.456 e. The average Bonchev–Trinajstić information content (AvgIpc) is 3.66. The topological polar surface area (TPSA) is 16.4 Å². The van der Waals surface area contributed by atoms with E-state index in [0.717, 1.165) is 39.0 Å². The first-order chi connectivity index (χ1) is 27.8. The number of furan rings is 1. The van der Waals surface area contributed by atoms with Gasteiger partial charge in [0.05, 0.1) is 11.1 Å². The number of fused-ring (bicyclic) bond motifs is 7. The molecular formula is C54H35NO. The van der Waals surface area contributed by atoms with Crippen molar-refractivity contribution in [1.29, 1.82) is 0 Å². The van der Waals surface area contributed by atoms with Crippen LogP contribution in [0, 0.1) is 0 Å². The van der Waals surface area contributed by atoms with Gasteiger partial charge >= 0.3 is 0 Å². The van der Waals surface area contributed by atoms with Gasteiger partial charge in [0.15, 0.2) is 0 Å². The van der Waals surface area contributed by atoms with Gasteiger partial charge in [0.25, 0.3) is 0 Å². The smallest absolute Gasteiger partial charge is 0.137 e. The van der Waals surface area contributed by atoms with Crippen molar-refractivity contribution < 1.29 is 4.42 Å². The van der Waals surface area contributed by atoms with Crippen molar-refractivity contribution in [3.05, 3.63) is 212 Å². The van der Waals surface area contributed by atoms with E-state index >= 15 is 0 Å². The predicted molar refractivity (Wildman–Crippen MR) is 237 cm³/mol. The molecule has 11 aromatic rings. The molecule has 11 rings (SSSR count). The van der Waals surface area contributed by atoms with E-state index in [0.29, 0.717) is 0 Å². The molecule has 0 aliphatic rings. The van der Waals surface area contributed by atoms with Crippen LogP contribution in [-0.4, -0.2) is 0 Å². The van der Waals surface area contributed by atoms with Crippen LogP contribution in [0.1, 0.15) is 0 Å². The van der Waals surface area contributed by atoms with Crippen LogP contribution in [0.3, 0.4) is 0 Å². The fourth-order valence-corrected chi connectivity index (χ4v) is 8.60. The highest BCUT2D eigenvalue weighted by Gasteiger charge is 2.20.